The van der Waals surface area contributed by atoms with Gasteiger partial charge in [-0.1, -0.05) is 6.42 Å². The minimum Gasteiger partial charge on any atom is -0.481 e. The molecule has 0 aliphatic heterocycles. The highest BCUT2D eigenvalue weighted by Gasteiger charge is 2.59. The van der Waals surface area contributed by atoms with E-state index in [1.165, 1.54) is 0 Å². The van der Waals surface area contributed by atoms with Gasteiger partial charge < -0.3 is 5.11 Å². The second-order valence-electron chi connectivity index (χ2n) is 3.13. The lowest BCUT2D eigenvalue weighted by atomic mass is 9.65. The van der Waals surface area contributed by atoms with Crippen molar-refractivity contribution in [3.05, 3.63) is 0 Å². The van der Waals surface area contributed by atoms with E-state index in [9.17, 15) is 13.6 Å². The van der Waals surface area contributed by atoms with Crippen LogP contribution >= 0.6 is 0 Å². The molecule has 0 heterocycles. The van der Waals surface area contributed by atoms with Gasteiger partial charge in [-0.25, -0.2) is 8.78 Å². The van der Waals surface area contributed by atoms with Gasteiger partial charge in [0.05, 0.1) is 0 Å². The molecule has 0 aromatic heterocycles. The largest absolute Gasteiger partial charge is 0.481 e. The zero-order valence-corrected chi connectivity index (χ0v) is 6.23. The Balaban J connectivity index is 2.85. The van der Waals surface area contributed by atoms with Gasteiger partial charge >= 0.3 is 5.97 Å². The van der Waals surface area contributed by atoms with Crippen molar-refractivity contribution in [2.24, 2.45) is 5.41 Å². The van der Waals surface area contributed by atoms with Crippen LogP contribution in [-0.4, -0.2) is 17.0 Å². The Morgan fingerprint density at radius 1 is 1.55 bits per heavy atom. The minimum atomic E-state index is -3.09. The zero-order valence-electron chi connectivity index (χ0n) is 6.23. The number of rotatable bonds is 2. The summed E-state index contributed by atoms with van der Waals surface area (Å²) in [4.78, 5) is 10.5. The zero-order chi connectivity index (χ0) is 8.70. The third-order valence-electron chi connectivity index (χ3n) is 2.46. The van der Waals surface area contributed by atoms with Gasteiger partial charge in [0.15, 0.2) is 0 Å². The Hall–Kier alpha value is -0.670. The Bertz CT molecular complexity index is 179. The number of halogens is 2. The first kappa shape index (κ1) is 8.43. The molecule has 0 amide bonds. The van der Waals surface area contributed by atoms with Crippen molar-refractivity contribution in [3.63, 3.8) is 0 Å². The summed E-state index contributed by atoms with van der Waals surface area (Å²) in [7, 11) is 0. The van der Waals surface area contributed by atoms with Crippen LogP contribution in [0.25, 0.3) is 0 Å². The first-order valence-corrected chi connectivity index (χ1v) is 3.51. The van der Waals surface area contributed by atoms with E-state index in [-0.39, 0.29) is 12.8 Å². The molecule has 1 fully saturated rings. The number of hydrogen-bond acceptors (Lipinski definition) is 1. The fourth-order valence-corrected chi connectivity index (χ4v) is 1.37. The SMILES string of the molecule is CC(F)(F)C1(C(=O)O)CCC1. The maximum atomic E-state index is 12.7. The van der Waals surface area contributed by atoms with Crippen molar-refractivity contribution in [3.8, 4) is 0 Å². The van der Waals surface area contributed by atoms with Gasteiger partial charge in [0, 0.05) is 6.92 Å². The van der Waals surface area contributed by atoms with E-state index in [2.05, 4.69) is 0 Å². The Morgan fingerprint density at radius 2 is 2.00 bits per heavy atom. The molecule has 11 heavy (non-hydrogen) atoms. The molecule has 1 rings (SSSR count). The molecule has 0 bridgehead atoms. The molecule has 0 aromatic carbocycles. The minimum absolute atomic E-state index is 0.103. The van der Waals surface area contributed by atoms with Gasteiger partial charge in [-0.2, -0.15) is 0 Å². The van der Waals surface area contributed by atoms with Crippen LogP contribution in [0.15, 0.2) is 0 Å². The average molecular weight is 164 g/mol. The van der Waals surface area contributed by atoms with Gasteiger partial charge in [0.25, 0.3) is 5.92 Å². The van der Waals surface area contributed by atoms with E-state index in [0.29, 0.717) is 13.3 Å². The van der Waals surface area contributed by atoms with E-state index >= 15 is 0 Å². The molecule has 0 aromatic rings. The van der Waals surface area contributed by atoms with E-state index in [1.807, 2.05) is 0 Å². The third kappa shape index (κ3) is 1.01. The summed E-state index contributed by atoms with van der Waals surface area (Å²) in [5.74, 6) is -4.45. The van der Waals surface area contributed by atoms with Crippen molar-refractivity contribution in [1.82, 2.24) is 0 Å². The second kappa shape index (κ2) is 2.16. The van der Waals surface area contributed by atoms with Crippen LogP contribution in [0.4, 0.5) is 8.78 Å². The molecule has 0 spiro atoms. The number of carboxylic acids is 1. The quantitative estimate of drug-likeness (QED) is 0.676. The summed E-state index contributed by atoms with van der Waals surface area (Å²) >= 11 is 0. The summed E-state index contributed by atoms with van der Waals surface area (Å²) in [6, 6.07) is 0. The molecule has 1 saturated carbocycles. The highest BCUT2D eigenvalue weighted by molar-refractivity contribution is 5.77. The number of hydrogen-bond donors (Lipinski definition) is 1. The molecule has 1 N–H and O–H groups in total. The molecule has 0 unspecified atom stereocenters. The van der Waals surface area contributed by atoms with Crippen molar-refractivity contribution >= 4 is 5.97 Å². The molecule has 1 aliphatic carbocycles. The van der Waals surface area contributed by atoms with Crippen molar-refractivity contribution in [2.75, 3.05) is 0 Å². The topological polar surface area (TPSA) is 37.3 Å². The highest BCUT2D eigenvalue weighted by Crippen LogP contribution is 2.52. The summed E-state index contributed by atoms with van der Waals surface area (Å²) in [5, 5.41) is 8.54. The lowest BCUT2D eigenvalue weighted by molar-refractivity contribution is -0.191. The molecule has 0 atom stereocenters. The fraction of sp³-hybridized carbons (Fsp3) is 0.857. The number of carbonyl (C=O) groups is 1. The molecule has 4 heteroatoms. The summed E-state index contributed by atoms with van der Waals surface area (Å²) in [6.45, 7) is 0.681. The molecular formula is C7H10F2O2. The Labute approximate surface area is 63.2 Å². The van der Waals surface area contributed by atoms with Gasteiger partial charge in [0.2, 0.25) is 0 Å². The summed E-state index contributed by atoms with van der Waals surface area (Å²) in [5.41, 5.74) is -1.76. The predicted octanol–water partition coefficient (Wildman–Crippen LogP) is 1.90. The highest BCUT2D eigenvalue weighted by atomic mass is 19.3. The molecular weight excluding hydrogens is 154 g/mol. The lowest BCUT2D eigenvalue weighted by Crippen LogP contribution is -2.50. The van der Waals surface area contributed by atoms with Crippen molar-refractivity contribution in [2.45, 2.75) is 32.1 Å². The van der Waals surface area contributed by atoms with E-state index < -0.39 is 17.3 Å². The van der Waals surface area contributed by atoms with Crippen LogP contribution < -0.4 is 0 Å². The van der Waals surface area contributed by atoms with Crippen LogP contribution in [0.2, 0.25) is 0 Å². The first-order chi connectivity index (χ1) is 4.90. The third-order valence-corrected chi connectivity index (χ3v) is 2.46. The smallest absolute Gasteiger partial charge is 0.315 e. The molecule has 1 aliphatic rings. The van der Waals surface area contributed by atoms with Crippen molar-refractivity contribution < 1.29 is 18.7 Å². The second-order valence-corrected chi connectivity index (χ2v) is 3.13. The van der Waals surface area contributed by atoms with Crippen LogP contribution in [0.5, 0.6) is 0 Å². The molecule has 2 nitrogen and oxygen atoms in total. The Kier molecular flexibility index (Phi) is 1.65. The monoisotopic (exact) mass is 164 g/mol. The number of alkyl halides is 2. The van der Waals surface area contributed by atoms with Gasteiger partial charge in [-0.3, -0.25) is 4.79 Å². The lowest BCUT2D eigenvalue weighted by Gasteiger charge is -2.41. The maximum Gasteiger partial charge on any atom is 0.315 e. The predicted molar refractivity (Wildman–Crippen MR) is 34.5 cm³/mol. The van der Waals surface area contributed by atoms with Gasteiger partial charge in [0.1, 0.15) is 5.41 Å². The van der Waals surface area contributed by atoms with Crippen LogP contribution in [-0.2, 0) is 4.79 Å². The van der Waals surface area contributed by atoms with Gasteiger partial charge in [-0.05, 0) is 12.8 Å². The van der Waals surface area contributed by atoms with E-state index in [1.54, 1.807) is 0 Å². The summed E-state index contributed by atoms with van der Waals surface area (Å²) in [6.07, 6.45) is 0.799. The van der Waals surface area contributed by atoms with Crippen LogP contribution in [0, 0.1) is 5.41 Å². The molecule has 64 valence electrons. The standard InChI is InChI=1S/C7H10F2O2/c1-6(8,9)7(5(10)11)3-2-4-7/h2-4H2,1H3,(H,10,11). The average Bonchev–Trinajstić information content (AvgIpc) is 1.52. The molecule has 0 radical (unpaired) electrons. The first-order valence-electron chi connectivity index (χ1n) is 3.51. The maximum absolute atomic E-state index is 12.7. The van der Waals surface area contributed by atoms with Crippen molar-refractivity contribution in [1.29, 1.82) is 0 Å². The number of carboxylic acid groups (broad SMARTS) is 1. The van der Waals surface area contributed by atoms with E-state index in [4.69, 9.17) is 5.11 Å². The van der Waals surface area contributed by atoms with E-state index in [0.717, 1.165) is 0 Å². The Morgan fingerprint density at radius 3 is 2.00 bits per heavy atom. The van der Waals surface area contributed by atoms with Crippen LogP contribution in [0.1, 0.15) is 26.2 Å². The normalized spacial score (nSPS) is 22.5. The fourth-order valence-electron chi connectivity index (χ4n) is 1.37. The molecule has 0 saturated heterocycles. The van der Waals surface area contributed by atoms with Crippen LogP contribution in [0.3, 0.4) is 0 Å². The number of aliphatic carboxylic acids is 1. The van der Waals surface area contributed by atoms with Gasteiger partial charge in [-0.15, -0.1) is 0 Å². The summed E-state index contributed by atoms with van der Waals surface area (Å²) < 4.78 is 25.4.